The average Bonchev–Trinajstić information content (AvgIpc) is 2.70. The van der Waals surface area contributed by atoms with Crippen LogP contribution in [0.5, 0.6) is 0 Å². The smallest absolute Gasteiger partial charge is 0.309 e. The van der Waals surface area contributed by atoms with Crippen LogP contribution in [0.3, 0.4) is 0 Å². The van der Waals surface area contributed by atoms with Gasteiger partial charge in [0.05, 0.1) is 13.0 Å². The van der Waals surface area contributed by atoms with Crippen molar-refractivity contribution in [3.63, 3.8) is 0 Å². The molecule has 15 heavy (non-hydrogen) atoms. The highest BCUT2D eigenvalue weighted by Gasteiger charge is 2.29. The highest BCUT2D eigenvalue weighted by Crippen LogP contribution is 2.26. The van der Waals surface area contributed by atoms with Crippen LogP contribution in [-0.4, -0.2) is 29.3 Å². The summed E-state index contributed by atoms with van der Waals surface area (Å²) in [7, 11) is 1.42. The molecule has 1 unspecified atom stereocenters. The molecule has 5 heteroatoms. The number of aromatic nitrogens is 2. The lowest BCUT2D eigenvalue weighted by Crippen LogP contribution is -2.16. The summed E-state index contributed by atoms with van der Waals surface area (Å²) in [4.78, 5) is 19.9. The number of thioether (sulfide) groups is 1. The minimum atomic E-state index is -0.154. The van der Waals surface area contributed by atoms with Gasteiger partial charge in [0.15, 0.2) is 5.16 Å². The van der Waals surface area contributed by atoms with Gasteiger partial charge in [-0.3, -0.25) is 4.79 Å². The van der Waals surface area contributed by atoms with Gasteiger partial charge in [0.1, 0.15) is 0 Å². The molecule has 0 amide bonds. The van der Waals surface area contributed by atoms with Crippen molar-refractivity contribution in [3.8, 4) is 0 Å². The molecule has 0 saturated carbocycles. The van der Waals surface area contributed by atoms with E-state index in [0.717, 1.165) is 16.4 Å². The van der Waals surface area contributed by atoms with Crippen molar-refractivity contribution >= 4 is 17.7 Å². The van der Waals surface area contributed by atoms with Crippen molar-refractivity contribution in [1.29, 1.82) is 0 Å². The van der Waals surface area contributed by atoms with Crippen LogP contribution in [0.25, 0.3) is 0 Å². The first kappa shape index (κ1) is 10.4. The van der Waals surface area contributed by atoms with E-state index in [4.69, 9.17) is 4.74 Å². The van der Waals surface area contributed by atoms with Crippen LogP contribution in [0.1, 0.15) is 11.3 Å². The molecule has 4 nitrogen and oxygen atoms in total. The van der Waals surface area contributed by atoms with Gasteiger partial charge in [-0.15, -0.1) is 0 Å². The summed E-state index contributed by atoms with van der Waals surface area (Å²) >= 11 is 1.51. The number of fused-ring (bicyclic) bond motifs is 1. The molecule has 1 aliphatic carbocycles. The molecule has 80 valence electrons. The third kappa shape index (κ3) is 1.97. The molecule has 1 aromatic rings. The van der Waals surface area contributed by atoms with Gasteiger partial charge in [0.25, 0.3) is 0 Å². The summed E-state index contributed by atoms with van der Waals surface area (Å²) in [5.74, 6) is -0.227. The molecule has 1 aliphatic rings. The van der Waals surface area contributed by atoms with E-state index in [0.29, 0.717) is 12.8 Å². The van der Waals surface area contributed by atoms with Gasteiger partial charge in [-0.05, 0) is 18.2 Å². The molecule has 0 bridgehead atoms. The van der Waals surface area contributed by atoms with Crippen LogP contribution in [0.2, 0.25) is 0 Å². The number of carbonyl (C=O) groups excluding carboxylic acids is 1. The number of rotatable bonds is 2. The minimum Gasteiger partial charge on any atom is -0.469 e. The fraction of sp³-hybridized carbons (Fsp3) is 0.500. The van der Waals surface area contributed by atoms with Crippen LogP contribution in [0, 0.1) is 5.92 Å². The van der Waals surface area contributed by atoms with E-state index in [2.05, 4.69) is 9.97 Å². The van der Waals surface area contributed by atoms with Crippen LogP contribution in [0.4, 0.5) is 0 Å². The Balaban J connectivity index is 2.20. The molecule has 0 saturated heterocycles. The second-order valence-corrected chi connectivity index (χ2v) is 4.23. The standard InChI is InChI=1S/C10H12N2O2S/c1-14-9(13)6-3-7-5-11-10(15-2)12-8(7)4-6/h5-6H,3-4H2,1-2H3. The van der Waals surface area contributed by atoms with Crippen LogP contribution >= 0.6 is 11.8 Å². The highest BCUT2D eigenvalue weighted by atomic mass is 32.2. The number of carbonyl (C=O) groups is 1. The molecule has 1 aromatic heterocycles. The lowest BCUT2D eigenvalue weighted by Gasteiger charge is -2.03. The van der Waals surface area contributed by atoms with E-state index < -0.39 is 0 Å². The highest BCUT2D eigenvalue weighted by molar-refractivity contribution is 7.98. The summed E-state index contributed by atoms with van der Waals surface area (Å²) in [6, 6.07) is 0. The van der Waals surface area contributed by atoms with Crippen molar-refractivity contribution in [3.05, 3.63) is 17.5 Å². The Labute approximate surface area is 92.5 Å². The summed E-state index contributed by atoms with van der Waals surface area (Å²) in [5, 5.41) is 0.763. The van der Waals surface area contributed by atoms with E-state index >= 15 is 0 Å². The monoisotopic (exact) mass is 224 g/mol. The Morgan fingerprint density at radius 1 is 1.60 bits per heavy atom. The SMILES string of the molecule is COC(=O)C1Cc2cnc(SC)nc2C1. The van der Waals surface area contributed by atoms with Crippen molar-refractivity contribution in [2.75, 3.05) is 13.4 Å². The molecule has 0 fully saturated rings. The summed E-state index contributed by atoms with van der Waals surface area (Å²) in [5.41, 5.74) is 2.06. The Hall–Kier alpha value is -1.10. The molecule has 0 aromatic carbocycles. The normalized spacial score (nSPS) is 18.7. The van der Waals surface area contributed by atoms with Gasteiger partial charge >= 0.3 is 5.97 Å². The van der Waals surface area contributed by atoms with Crippen molar-refractivity contribution < 1.29 is 9.53 Å². The third-order valence-corrected chi connectivity index (χ3v) is 3.12. The molecule has 1 atom stereocenters. The summed E-state index contributed by atoms with van der Waals surface area (Å²) < 4.78 is 4.73. The van der Waals surface area contributed by atoms with Crippen LogP contribution < -0.4 is 0 Å². The Bertz CT molecular complexity index is 395. The quantitative estimate of drug-likeness (QED) is 0.427. The van der Waals surface area contributed by atoms with Crippen molar-refractivity contribution in [2.45, 2.75) is 18.0 Å². The van der Waals surface area contributed by atoms with E-state index in [1.54, 1.807) is 0 Å². The number of nitrogens with zero attached hydrogens (tertiary/aromatic N) is 2. The molecule has 0 spiro atoms. The Morgan fingerprint density at radius 2 is 2.40 bits per heavy atom. The fourth-order valence-corrected chi connectivity index (χ4v) is 2.13. The molecule has 0 radical (unpaired) electrons. The number of hydrogen-bond donors (Lipinski definition) is 0. The van der Waals surface area contributed by atoms with Crippen molar-refractivity contribution in [2.24, 2.45) is 5.92 Å². The average molecular weight is 224 g/mol. The fourth-order valence-electron chi connectivity index (χ4n) is 1.77. The lowest BCUT2D eigenvalue weighted by atomic mass is 10.1. The molecule has 0 aliphatic heterocycles. The Kier molecular flexibility index (Phi) is 2.90. The van der Waals surface area contributed by atoms with E-state index in [-0.39, 0.29) is 11.9 Å². The largest absolute Gasteiger partial charge is 0.469 e. The van der Waals surface area contributed by atoms with Crippen LogP contribution in [-0.2, 0) is 22.4 Å². The van der Waals surface area contributed by atoms with Gasteiger partial charge in [0.2, 0.25) is 0 Å². The number of ether oxygens (including phenoxy) is 1. The predicted octanol–water partition coefficient (Wildman–Crippen LogP) is 1.09. The summed E-state index contributed by atoms with van der Waals surface area (Å²) in [6.07, 6.45) is 5.14. The van der Waals surface area contributed by atoms with Gasteiger partial charge in [-0.1, -0.05) is 11.8 Å². The van der Waals surface area contributed by atoms with Crippen molar-refractivity contribution in [1.82, 2.24) is 9.97 Å². The van der Waals surface area contributed by atoms with Crippen LogP contribution in [0.15, 0.2) is 11.4 Å². The molecule has 2 rings (SSSR count). The number of esters is 1. The molecule has 1 heterocycles. The third-order valence-electron chi connectivity index (χ3n) is 2.56. The lowest BCUT2D eigenvalue weighted by molar-refractivity contribution is -0.145. The predicted molar refractivity (Wildman–Crippen MR) is 56.7 cm³/mol. The van der Waals surface area contributed by atoms with Gasteiger partial charge in [-0.2, -0.15) is 0 Å². The second kappa shape index (κ2) is 4.18. The summed E-state index contributed by atoms with van der Waals surface area (Å²) in [6.45, 7) is 0. The first-order chi connectivity index (χ1) is 7.24. The topological polar surface area (TPSA) is 52.1 Å². The number of hydrogen-bond acceptors (Lipinski definition) is 5. The molecular weight excluding hydrogens is 212 g/mol. The number of methoxy groups -OCH3 is 1. The second-order valence-electron chi connectivity index (χ2n) is 3.46. The molecule has 0 N–H and O–H groups in total. The van der Waals surface area contributed by atoms with E-state index in [9.17, 15) is 4.79 Å². The van der Waals surface area contributed by atoms with Gasteiger partial charge in [0, 0.05) is 18.3 Å². The van der Waals surface area contributed by atoms with E-state index in [1.807, 2.05) is 12.5 Å². The maximum absolute atomic E-state index is 11.4. The zero-order chi connectivity index (χ0) is 10.8. The van der Waals surface area contributed by atoms with Gasteiger partial charge < -0.3 is 4.74 Å². The first-order valence-electron chi connectivity index (χ1n) is 4.71. The zero-order valence-electron chi connectivity index (χ0n) is 8.69. The minimum absolute atomic E-state index is 0.0728. The zero-order valence-corrected chi connectivity index (χ0v) is 9.50. The molecular formula is C10H12N2O2S. The van der Waals surface area contributed by atoms with Gasteiger partial charge in [-0.25, -0.2) is 9.97 Å². The maximum Gasteiger partial charge on any atom is 0.309 e. The van der Waals surface area contributed by atoms with E-state index in [1.165, 1.54) is 18.9 Å². The Morgan fingerprint density at radius 3 is 3.07 bits per heavy atom. The maximum atomic E-state index is 11.4. The first-order valence-corrected chi connectivity index (χ1v) is 5.93.